The van der Waals surface area contributed by atoms with Gasteiger partial charge < -0.3 is 26.0 Å². The van der Waals surface area contributed by atoms with Crippen molar-refractivity contribution in [3.8, 4) is 11.5 Å². The molecule has 6 atom stereocenters. The molecule has 2 unspecified atom stereocenters. The molecule has 1 aromatic rings. The number of hydrogen-bond acceptors (Lipinski definition) is 10. The zero-order valence-corrected chi connectivity index (χ0v) is 24.0. The zero-order chi connectivity index (χ0) is 30.0. The van der Waals surface area contributed by atoms with Crippen molar-refractivity contribution in [2.45, 2.75) is 63.6 Å². The number of nitrogens with zero attached hydrogens (tertiary/aromatic N) is 1. The zero-order valence-electron chi connectivity index (χ0n) is 24.0. The van der Waals surface area contributed by atoms with Gasteiger partial charge in [0.1, 0.15) is 11.5 Å². The molecule has 1 aromatic carbocycles. The number of primary amides is 1. The van der Waals surface area contributed by atoms with Gasteiger partial charge in [-0.25, -0.2) is 0 Å². The number of Topliss-reactive ketones (excluding diaryl/α,β-unsaturated/α-hetero) is 4. The van der Waals surface area contributed by atoms with Gasteiger partial charge in [-0.1, -0.05) is 13.3 Å². The topological polar surface area (TPSA) is 176 Å². The van der Waals surface area contributed by atoms with Gasteiger partial charge in [0, 0.05) is 30.1 Å². The number of likely N-dealkylation sites (N-methyl/N-ethyl adjacent to an activating group) is 1. The molecule has 0 heterocycles. The lowest BCUT2D eigenvalue weighted by atomic mass is 9.52. The predicted octanol–water partition coefficient (Wildman–Crippen LogP) is 0.546. The summed E-state index contributed by atoms with van der Waals surface area (Å²) < 4.78 is 5.76. The highest BCUT2D eigenvalue weighted by atomic mass is 16.5. The maximum atomic E-state index is 13.9. The van der Waals surface area contributed by atoms with Gasteiger partial charge in [0.25, 0.3) is 0 Å². The van der Waals surface area contributed by atoms with Crippen molar-refractivity contribution in [3.63, 3.8) is 0 Å². The molecule has 0 radical (unpaired) electrons. The number of amides is 1. The Morgan fingerprint density at radius 3 is 2.41 bits per heavy atom. The number of fused-ring (bicyclic) bond motifs is 3. The minimum absolute atomic E-state index is 0.00465. The highest BCUT2D eigenvalue weighted by molar-refractivity contribution is 6.32. The minimum atomic E-state index is -2.74. The monoisotopic (exact) mass is 569 g/mol. The van der Waals surface area contributed by atoms with E-state index in [0.717, 1.165) is 13.0 Å². The van der Waals surface area contributed by atoms with Crippen molar-refractivity contribution < 1.29 is 38.9 Å². The van der Waals surface area contributed by atoms with Crippen LogP contribution in [0.5, 0.6) is 11.5 Å². The lowest BCUT2D eigenvalue weighted by molar-refractivity contribution is -0.181. The Bertz CT molecular complexity index is 1330. The second kappa shape index (κ2) is 10.3. The number of carbonyl (C=O) groups excluding carboxylic acids is 5. The Kier molecular flexibility index (Phi) is 7.36. The smallest absolute Gasteiger partial charge is 0.235 e. The van der Waals surface area contributed by atoms with Gasteiger partial charge in [-0.3, -0.25) is 28.9 Å². The van der Waals surface area contributed by atoms with E-state index in [0.29, 0.717) is 23.4 Å². The summed E-state index contributed by atoms with van der Waals surface area (Å²) >= 11 is 0. The van der Waals surface area contributed by atoms with Crippen LogP contribution in [0.15, 0.2) is 6.07 Å². The summed E-state index contributed by atoms with van der Waals surface area (Å²) in [5.74, 6) is -10.2. The lowest BCUT2D eigenvalue weighted by Gasteiger charge is -2.52. The van der Waals surface area contributed by atoms with E-state index in [2.05, 4.69) is 12.2 Å². The van der Waals surface area contributed by atoms with E-state index in [1.165, 1.54) is 37.3 Å². The van der Waals surface area contributed by atoms with E-state index in [1.807, 2.05) is 0 Å². The number of ether oxygens (including phenoxy) is 1. The molecule has 4 aliphatic carbocycles. The summed E-state index contributed by atoms with van der Waals surface area (Å²) in [6.45, 7) is 3.42. The van der Waals surface area contributed by atoms with Gasteiger partial charge in [-0.2, -0.15) is 0 Å². The standard InChI is InChI=1S/C30H39N3O8/c1-5-29(7-6-8-29)13-32-12-15-11-18(34)20-16(25(15)41-4)9-14-10-17-22(33(2)3)24(36)21(28(31)39)27(38)30(17,40)26(37)19(14)23(20)35/h11,14,17,19,21-22,32,34,40H,5-10,12-13H2,1-4H3,(H2,31,39)/t14-,17-,19?,21?,22-,30-/m0/s1. The van der Waals surface area contributed by atoms with Crippen molar-refractivity contribution in [2.24, 2.45) is 34.8 Å². The third-order valence-corrected chi connectivity index (χ3v) is 10.3. The Balaban J connectivity index is 1.52. The minimum Gasteiger partial charge on any atom is -0.507 e. The van der Waals surface area contributed by atoms with Gasteiger partial charge in [0.2, 0.25) is 5.91 Å². The van der Waals surface area contributed by atoms with Crippen LogP contribution < -0.4 is 15.8 Å². The molecule has 222 valence electrons. The third-order valence-electron chi connectivity index (χ3n) is 10.3. The van der Waals surface area contributed by atoms with E-state index < -0.39 is 64.4 Å². The molecule has 3 saturated carbocycles. The van der Waals surface area contributed by atoms with Gasteiger partial charge in [0.05, 0.1) is 24.6 Å². The number of carbonyl (C=O) groups is 5. The lowest BCUT2D eigenvalue weighted by Crippen LogP contribution is -2.74. The molecule has 11 nitrogen and oxygen atoms in total. The Morgan fingerprint density at radius 1 is 1.20 bits per heavy atom. The molecule has 0 aliphatic heterocycles. The average Bonchev–Trinajstić information content (AvgIpc) is 2.87. The van der Waals surface area contributed by atoms with Crippen molar-refractivity contribution in [3.05, 3.63) is 22.8 Å². The van der Waals surface area contributed by atoms with Crippen LogP contribution in [-0.2, 0) is 32.1 Å². The molecule has 3 fully saturated rings. The maximum Gasteiger partial charge on any atom is 0.235 e. The molecule has 5 N–H and O–H groups in total. The molecule has 11 heteroatoms. The highest BCUT2D eigenvalue weighted by Gasteiger charge is 2.69. The predicted molar refractivity (Wildman–Crippen MR) is 146 cm³/mol. The van der Waals surface area contributed by atoms with Crippen molar-refractivity contribution in [1.29, 1.82) is 0 Å². The first-order valence-electron chi connectivity index (χ1n) is 14.3. The molecule has 5 rings (SSSR count). The number of rotatable bonds is 8. The summed E-state index contributed by atoms with van der Waals surface area (Å²) in [7, 11) is 4.60. The summed E-state index contributed by atoms with van der Waals surface area (Å²) in [6, 6.07) is 0.322. The first-order valence-corrected chi connectivity index (χ1v) is 14.3. The van der Waals surface area contributed by atoms with Crippen LogP contribution in [0.1, 0.15) is 60.5 Å². The summed E-state index contributed by atoms with van der Waals surface area (Å²) in [5.41, 5.74) is 3.97. The third kappa shape index (κ3) is 4.23. The fourth-order valence-corrected chi connectivity index (χ4v) is 7.90. The average molecular weight is 570 g/mol. The summed E-state index contributed by atoms with van der Waals surface area (Å²) in [5, 5.41) is 26.2. The quantitative estimate of drug-likeness (QED) is 0.323. The highest BCUT2D eigenvalue weighted by Crippen LogP contribution is 2.52. The largest absolute Gasteiger partial charge is 0.507 e. The van der Waals surface area contributed by atoms with E-state index in [-0.39, 0.29) is 29.6 Å². The van der Waals surface area contributed by atoms with E-state index in [9.17, 15) is 34.2 Å². The molecule has 0 bridgehead atoms. The van der Waals surface area contributed by atoms with Gasteiger partial charge in [-0.05, 0) is 63.6 Å². The molecular weight excluding hydrogens is 530 g/mol. The number of methoxy groups -OCH3 is 1. The number of phenolic OH excluding ortho intramolecular Hbond substituents is 1. The van der Waals surface area contributed by atoms with Gasteiger partial charge >= 0.3 is 0 Å². The van der Waals surface area contributed by atoms with Crippen LogP contribution in [0.2, 0.25) is 0 Å². The summed E-state index contributed by atoms with van der Waals surface area (Å²) in [4.78, 5) is 68.0. The Labute approximate surface area is 238 Å². The van der Waals surface area contributed by atoms with E-state index >= 15 is 0 Å². The molecule has 0 saturated heterocycles. The first kappa shape index (κ1) is 29.3. The van der Waals surface area contributed by atoms with Crippen LogP contribution in [0.3, 0.4) is 0 Å². The van der Waals surface area contributed by atoms with E-state index in [1.54, 1.807) is 14.1 Å². The Morgan fingerprint density at radius 2 is 1.88 bits per heavy atom. The van der Waals surface area contributed by atoms with Crippen LogP contribution in [-0.4, -0.2) is 83.5 Å². The molecule has 4 aliphatic rings. The maximum absolute atomic E-state index is 13.9. The van der Waals surface area contributed by atoms with Gasteiger partial charge in [0.15, 0.2) is 34.7 Å². The van der Waals surface area contributed by atoms with Gasteiger partial charge in [-0.15, -0.1) is 0 Å². The van der Waals surface area contributed by atoms with Crippen molar-refractivity contribution >= 4 is 29.0 Å². The van der Waals surface area contributed by atoms with Crippen LogP contribution in [0.25, 0.3) is 0 Å². The van der Waals surface area contributed by atoms with E-state index in [4.69, 9.17) is 10.5 Å². The number of ketones is 4. The molecular formula is C30H39N3O8. The normalized spacial score (nSPS) is 32.2. The number of hydrogen-bond donors (Lipinski definition) is 4. The SMILES string of the molecule is CCC1(CNCc2cc(O)c3c(c2OC)C[C@H]2C[C@H]4[C@H](N(C)C)C(=O)C(C(N)=O)C(=O)[C@@]4(O)C(=O)C2C3=O)CCC1. The van der Waals surface area contributed by atoms with Crippen molar-refractivity contribution in [2.75, 3.05) is 27.7 Å². The number of nitrogens with one attached hydrogen (secondary N) is 1. The molecule has 41 heavy (non-hydrogen) atoms. The molecule has 0 aromatic heterocycles. The second-order valence-electron chi connectivity index (χ2n) is 12.5. The number of aliphatic hydroxyl groups is 1. The first-order chi connectivity index (χ1) is 19.3. The van der Waals surface area contributed by atoms with Crippen LogP contribution in [0.4, 0.5) is 0 Å². The fraction of sp³-hybridized carbons (Fsp3) is 0.633. The van der Waals surface area contributed by atoms with Crippen molar-refractivity contribution in [1.82, 2.24) is 10.2 Å². The number of nitrogens with two attached hydrogens (primary N) is 1. The molecule has 1 amide bonds. The number of phenols is 1. The Hall–Kier alpha value is -3.15. The molecule has 0 spiro atoms. The summed E-state index contributed by atoms with van der Waals surface area (Å²) in [6.07, 6.45) is 4.78. The fourth-order valence-electron chi connectivity index (χ4n) is 7.90. The number of aromatic hydroxyl groups is 1. The number of benzene rings is 1. The second-order valence-corrected chi connectivity index (χ2v) is 12.5. The van der Waals surface area contributed by atoms with Crippen LogP contribution >= 0.6 is 0 Å². The van der Waals surface area contributed by atoms with Crippen LogP contribution in [0, 0.1) is 29.1 Å².